The highest BCUT2D eigenvalue weighted by Crippen LogP contribution is 2.04. The van der Waals surface area contributed by atoms with Crippen LogP contribution < -0.4 is 11.1 Å². The monoisotopic (exact) mass is 254 g/mol. The van der Waals surface area contributed by atoms with Gasteiger partial charge in [-0.1, -0.05) is 0 Å². The molecule has 1 heterocycles. The van der Waals surface area contributed by atoms with Crippen LogP contribution in [0, 0.1) is 0 Å². The molecule has 0 bridgehead atoms. The van der Waals surface area contributed by atoms with Crippen LogP contribution in [0.2, 0.25) is 0 Å². The number of aromatic nitrogens is 2. The maximum Gasteiger partial charge on any atom is 0.245 e. The SMILES string of the molecule is CNC(=O)COCCCCC(N)Cc1cnc[nH]1. The molecule has 0 aliphatic heterocycles. The summed E-state index contributed by atoms with van der Waals surface area (Å²) in [6.45, 7) is 0.737. The number of hydrogen-bond acceptors (Lipinski definition) is 4. The van der Waals surface area contributed by atoms with Gasteiger partial charge in [0.2, 0.25) is 5.91 Å². The zero-order chi connectivity index (χ0) is 13.2. The second kappa shape index (κ2) is 8.66. The van der Waals surface area contributed by atoms with Crippen molar-refractivity contribution in [3.63, 3.8) is 0 Å². The van der Waals surface area contributed by atoms with E-state index in [0.29, 0.717) is 6.61 Å². The van der Waals surface area contributed by atoms with Gasteiger partial charge in [0.05, 0.1) is 6.33 Å². The Morgan fingerprint density at radius 1 is 1.61 bits per heavy atom. The number of rotatable bonds is 9. The number of ether oxygens (including phenoxy) is 1. The summed E-state index contributed by atoms with van der Waals surface area (Å²) in [6, 6.07) is 0.143. The van der Waals surface area contributed by atoms with E-state index >= 15 is 0 Å². The molecule has 1 rings (SSSR count). The molecule has 1 amide bonds. The topological polar surface area (TPSA) is 93.0 Å². The first-order chi connectivity index (χ1) is 8.72. The van der Waals surface area contributed by atoms with E-state index in [4.69, 9.17) is 10.5 Å². The van der Waals surface area contributed by atoms with E-state index in [-0.39, 0.29) is 18.6 Å². The highest BCUT2D eigenvalue weighted by molar-refractivity contribution is 5.76. The first kappa shape index (κ1) is 14.7. The van der Waals surface area contributed by atoms with Crippen molar-refractivity contribution < 1.29 is 9.53 Å². The van der Waals surface area contributed by atoms with Gasteiger partial charge < -0.3 is 20.8 Å². The van der Waals surface area contributed by atoms with Crippen molar-refractivity contribution in [2.75, 3.05) is 20.3 Å². The molecule has 0 fully saturated rings. The zero-order valence-corrected chi connectivity index (χ0v) is 10.8. The number of nitrogens with zero attached hydrogens (tertiary/aromatic N) is 1. The maximum atomic E-state index is 10.9. The number of carbonyl (C=O) groups is 1. The number of aromatic amines is 1. The van der Waals surface area contributed by atoms with Gasteiger partial charge in [-0.15, -0.1) is 0 Å². The number of nitrogens with one attached hydrogen (secondary N) is 2. The van der Waals surface area contributed by atoms with Crippen molar-refractivity contribution in [1.29, 1.82) is 0 Å². The van der Waals surface area contributed by atoms with Crippen LogP contribution in [-0.2, 0) is 16.0 Å². The van der Waals surface area contributed by atoms with Crippen molar-refractivity contribution >= 4 is 5.91 Å². The summed E-state index contributed by atoms with van der Waals surface area (Å²) in [4.78, 5) is 17.9. The fourth-order valence-electron chi connectivity index (χ4n) is 1.63. The number of carbonyl (C=O) groups excluding carboxylic acids is 1. The highest BCUT2D eigenvalue weighted by Gasteiger charge is 2.05. The molecule has 102 valence electrons. The predicted octanol–water partition coefficient (Wildman–Crippen LogP) is 0.212. The van der Waals surface area contributed by atoms with E-state index in [1.54, 1.807) is 19.6 Å². The van der Waals surface area contributed by atoms with Gasteiger partial charge in [-0.2, -0.15) is 0 Å². The van der Waals surface area contributed by atoms with Gasteiger partial charge in [0.15, 0.2) is 0 Å². The van der Waals surface area contributed by atoms with E-state index in [1.165, 1.54) is 0 Å². The highest BCUT2D eigenvalue weighted by atomic mass is 16.5. The molecule has 0 aromatic carbocycles. The van der Waals surface area contributed by atoms with Gasteiger partial charge in [-0.3, -0.25) is 4.79 Å². The molecule has 6 heteroatoms. The fraction of sp³-hybridized carbons (Fsp3) is 0.667. The second-order valence-electron chi connectivity index (χ2n) is 4.26. The lowest BCUT2D eigenvalue weighted by molar-refractivity contribution is -0.125. The maximum absolute atomic E-state index is 10.9. The second-order valence-corrected chi connectivity index (χ2v) is 4.26. The van der Waals surface area contributed by atoms with Crippen LogP contribution in [0.1, 0.15) is 25.0 Å². The zero-order valence-electron chi connectivity index (χ0n) is 10.8. The minimum absolute atomic E-state index is 0.0917. The Balaban J connectivity index is 1.96. The van der Waals surface area contributed by atoms with Crippen molar-refractivity contribution in [2.24, 2.45) is 5.73 Å². The average Bonchev–Trinajstić information content (AvgIpc) is 2.85. The third-order valence-electron chi connectivity index (χ3n) is 2.66. The summed E-state index contributed by atoms with van der Waals surface area (Å²) in [5.41, 5.74) is 7.06. The lowest BCUT2D eigenvalue weighted by Gasteiger charge is -2.10. The van der Waals surface area contributed by atoms with Crippen molar-refractivity contribution in [3.05, 3.63) is 18.2 Å². The molecule has 0 aliphatic carbocycles. The molecule has 1 aromatic rings. The first-order valence-corrected chi connectivity index (χ1v) is 6.23. The van der Waals surface area contributed by atoms with Gasteiger partial charge >= 0.3 is 0 Å². The van der Waals surface area contributed by atoms with Gasteiger partial charge in [-0.25, -0.2) is 4.98 Å². The largest absolute Gasteiger partial charge is 0.372 e. The Labute approximate surface area is 107 Å². The van der Waals surface area contributed by atoms with Gasteiger partial charge in [0.25, 0.3) is 0 Å². The smallest absolute Gasteiger partial charge is 0.245 e. The van der Waals surface area contributed by atoms with Crippen LogP contribution in [0.25, 0.3) is 0 Å². The van der Waals surface area contributed by atoms with E-state index in [2.05, 4.69) is 15.3 Å². The van der Waals surface area contributed by atoms with E-state index in [1.807, 2.05) is 0 Å². The molecular weight excluding hydrogens is 232 g/mol. The average molecular weight is 254 g/mol. The number of amides is 1. The van der Waals surface area contributed by atoms with Crippen molar-refractivity contribution in [3.8, 4) is 0 Å². The van der Waals surface area contributed by atoms with Crippen LogP contribution in [-0.4, -0.2) is 42.2 Å². The van der Waals surface area contributed by atoms with Gasteiger partial charge in [0, 0.05) is 38.0 Å². The van der Waals surface area contributed by atoms with Crippen LogP contribution >= 0.6 is 0 Å². The molecule has 1 aromatic heterocycles. The quantitative estimate of drug-likeness (QED) is 0.549. The molecule has 18 heavy (non-hydrogen) atoms. The normalized spacial score (nSPS) is 12.3. The molecule has 0 radical (unpaired) electrons. The standard InChI is InChI=1S/C12H22N4O2/c1-14-12(17)8-18-5-3-2-4-10(13)6-11-7-15-9-16-11/h7,9-10H,2-6,8,13H2,1H3,(H,14,17)(H,15,16). The number of imidazole rings is 1. The van der Waals surface area contributed by atoms with Crippen LogP contribution in [0.15, 0.2) is 12.5 Å². The Morgan fingerprint density at radius 3 is 3.11 bits per heavy atom. The molecule has 0 saturated heterocycles. The molecular formula is C12H22N4O2. The molecule has 0 aliphatic rings. The third-order valence-corrected chi connectivity index (χ3v) is 2.66. The fourth-order valence-corrected chi connectivity index (χ4v) is 1.63. The number of unbranched alkanes of at least 4 members (excludes halogenated alkanes) is 1. The Morgan fingerprint density at radius 2 is 2.44 bits per heavy atom. The van der Waals surface area contributed by atoms with E-state index in [9.17, 15) is 4.79 Å². The van der Waals surface area contributed by atoms with E-state index < -0.39 is 0 Å². The predicted molar refractivity (Wildman–Crippen MR) is 69.0 cm³/mol. The molecule has 1 unspecified atom stereocenters. The Kier molecular flexibility index (Phi) is 7.05. The van der Waals surface area contributed by atoms with E-state index in [0.717, 1.165) is 31.4 Å². The number of hydrogen-bond donors (Lipinski definition) is 3. The summed E-state index contributed by atoms with van der Waals surface area (Å²) in [7, 11) is 1.60. The molecule has 6 nitrogen and oxygen atoms in total. The Hall–Kier alpha value is -1.40. The van der Waals surface area contributed by atoms with Crippen LogP contribution in [0.3, 0.4) is 0 Å². The first-order valence-electron chi connectivity index (χ1n) is 6.23. The minimum atomic E-state index is -0.0917. The van der Waals surface area contributed by atoms with Gasteiger partial charge in [0.1, 0.15) is 6.61 Å². The Bertz CT molecular complexity index is 327. The number of H-pyrrole nitrogens is 1. The molecule has 0 saturated carbocycles. The third kappa shape index (κ3) is 6.36. The van der Waals surface area contributed by atoms with Crippen LogP contribution in [0.4, 0.5) is 0 Å². The van der Waals surface area contributed by atoms with Crippen molar-refractivity contribution in [2.45, 2.75) is 31.7 Å². The summed E-state index contributed by atoms with van der Waals surface area (Å²) < 4.78 is 5.20. The van der Waals surface area contributed by atoms with Gasteiger partial charge in [-0.05, 0) is 19.3 Å². The summed E-state index contributed by atoms with van der Waals surface area (Å²) in [6.07, 6.45) is 7.15. The summed E-state index contributed by atoms with van der Waals surface area (Å²) in [5.74, 6) is -0.0917. The number of nitrogens with two attached hydrogens (primary N) is 1. The van der Waals surface area contributed by atoms with Crippen LogP contribution in [0.5, 0.6) is 0 Å². The summed E-state index contributed by atoms with van der Waals surface area (Å²) >= 11 is 0. The number of likely N-dealkylation sites (N-methyl/N-ethyl adjacent to an activating group) is 1. The molecule has 1 atom stereocenters. The minimum Gasteiger partial charge on any atom is -0.372 e. The van der Waals surface area contributed by atoms with Crippen molar-refractivity contribution in [1.82, 2.24) is 15.3 Å². The molecule has 4 N–H and O–H groups in total. The summed E-state index contributed by atoms with van der Waals surface area (Å²) in [5, 5.41) is 2.51. The lowest BCUT2D eigenvalue weighted by atomic mass is 10.1. The molecule has 0 spiro atoms. The lowest BCUT2D eigenvalue weighted by Crippen LogP contribution is -2.24.